The Labute approximate surface area is 292 Å². The maximum absolute atomic E-state index is 12.6. The third kappa shape index (κ3) is 13.8. The van der Waals surface area contributed by atoms with Gasteiger partial charge in [0.2, 0.25) is 0 Å². The van der Waals surface area contributed by atoms with Crippen LogP contribution in [0.15, 0.2) is 48.7 Å². The number of fused-ring (bicyclic) bond motifs is 1. The third-order valence-corrected chi connectivity index (χ3v) is 7.67. The van der Waals surface area contributed by atoms with E-state index in [0.29, 0.717) is 29.4 Å². The average Bonchev–Trinajstić information content (AvgIpc) is 3.44. The number of nitriles is 1. The van der Waals surface area contributed by atoms with E-state index in [-0.39, 0.29) is 25.4 Å². The second kappa shape index (κ2) is 22.1. The number of alkyl halides is 4. The van der Waals surface area contributed by atoms with Gasteiger partial charge in [0.25, 0.3) is 18.3 Å². The highest BCUT2D eigenvalue weighted by Gasteiger charge is 2.43. The van der Waals surface area contributed by atoms with E-state index in [1.165, 1.54) is 11.9 Å². The zero-order chi connectivity index (χ0) is 37.8. The van der Waals surface area contributed by atoms with Crippen molar-refractivity contribution < 1.29 is 51.3 Å². The van der Waals surface area contributed by atoms with Gasteiger partial charge >= 0.3 is 0 Å². The molecule has 12 nitrogen and oxygen atoms in total. The van der Waals surface area contributed by atoms with Crippen LogP contribution in [0.5, 0.6) is 11.5 Å². The van der Waals surface area contributed by atoms with Gasteiger partial charge in [-0.3, -0.25) is 19.5 Å². The van der Waals surface area contributed by atoms with Crippen molar-refractivity contribution in [3.8, 4) is 28.7 Å². The molecule has 1 atom stereocenters. The molecule has 0 spiro atoms. The van der Waals surface area contributed by atoms with E-state index in [1.54, 1.807) is 19.4 Å². The fourth-order valence-corrected chi connectivity index (χ4v) is 5.26. The standard InChI is InChI=1S/C26H30N4O4.C6H8F2N2.C2H2F2O.FHO/c1-33-20-4-5-21(25(18-20)34-16-2-12-30-13-9-27-10-14-30)19-3-6-24-23(17-19)22(7-8-28-24)26(32)29-11-15-31;1-10-4-6(7,8)2-5(10)3-9;3-2(4)1-5;1-2/h3-8,15,17-18,27H,2,9-14,16H2,1H3,(H,29,32);5H,2,4H2,1H3;1-2H;2H. The number of hydrogen-bond donors (Lipinski definition) is 3. The lowest BCUT2D eigenvalue weighted by molar-refractivity contribution is -0.116. The summed E-state index contributed by atoms with van der Waals surface area (Å²) in [6.45, 7) is 5.48. The fourth-order valence-electron chi connectivity index (χ4n) is 5.26. The number of ether oxygens (including phenoxy) is 2. The topological polar surface area (TPSA) is 157 Å². The highest BCUT2D eigenvalue weighted by Crippen LogP contribution is 2.35. The van der Waals surface area contributed by atoms with Crippen LogP contribution in [0.3, 0.4) is 0 Å². The lowest BCUT2D eigenvalue weighted by Gasteiger charge is -2.27. The largest absolute Gasteiger partial charge is 0.497 e. The summed E-state index contributed by atoms with van der Waals surface area (Å²) in [6, 6.07) is 14.4. The number of aldehydes is 2. The molecule has 1 aromatic heterocycles. The molecule has 3 N–H and O–H groups in total. The normalized spacial score (nSPS) is 16.6. The second-order valence-electron chi connectivity index (χ2n) is 11.2. The van der Waals surface area contributed by atoms with Gasteiger partial charge in [0, 0.05) is 62.4 Å². The van der Waals surface area contributed by atoms with Crippen LogP contribution in [0.25, 0.3) is 22.0 Å². The van der Waals surface area contributed by atoms with Crippen molar-refractivity contribution in [2.24, 2.45) is 0 Å². The molecule has 1 amide bonds. The van der Waals surface area contributed by atoms with Crippen LogP contribution in [-0.4, -0.2) is 124 Å². The number of aromatic nitrogens is 1. The summed E-state index contributed by atoms with van der Waals surface area (Å²) >= 11 is 0. The Balaban J connectivity index is 0.000000438. The highest BCUT2D eigenvalue weighted by atomic mass is 19.3. The van der Waals surface area contributed by atoms with Gasteiger partial charge in [-0.1, -0.05) is 10.6 Å². The summed E-state index contributed by atoms with van der Waals surface area (Å²) in [6.07, 6.45) is -0.345. The molecule has 0 saturated carbocycles. The number of rotatable bonds is 11. The van der Waals surface area contributed by atoms with Gasteiger partial charge in [-0.2, -0.15) is 5.26 Å². The van der Waals surface area contributed by atoms with Gasteiger partial charge < -0.3 is 29.8 Å². The Morgan fingerprint density at radius 2 is 1.88 bits per heavy atom. The second-order valence-corrected chi connectivity index (χ2v) is 11.2. The first-order valence-electron chi connectivity index (χ1n) is 15.7. The first kappa shape index (κ1) is 42.4. The van der Waals surface area contributed by atoms with E-state index in [1.807, 2.05) is 42.5 Å². The predicted molar refractivity (Wildman–Crippen MR) is 179 cm³/mol. The Kier molecular flexibility index (Phi) is 18.4. The Morgan fingerprint density at radius 3 is 2.45 bits per heavy atom. The van der Waals surface area contributed by atoms with Gasteiger partial charge in [-0.15, -0.1) is 0 Å². The van der Waals surface area contributed by atoms with Crippen LogP contribution in [0, 0.1) is 11.3 Å². The molecule has 278 valence electrons. The van der Waals surface area contributed by atoms with Crippen LogP contribution in [-0.2, 0) is 9.59 Å². The van der Waals surface area contributed by atoms with Crippen LogP contribution >= 0.6 is 0 Å². The number of methoxy groups -OCH3 is 1. The number of benzene rings is 2. The molecule has 0 radical (unpaired) electrons. The smallest absolute Gasteiger partial charge is 0.293 e. The van der Waals surface area contributed by atoms with Crippen molar-refractivity contribution in [2.75, 3.05) is 66.6 Å². The van der Waals surface area contributed by atoms with Crippen LogP contribution < -0.4 is 20.1 Å². The summed E-state index contributed by atoms with van der Waals surface area (Å²) in [4.78, 5) is 40.2. The molecule has 2 aromatic carbocycles. The summed E-state index contributed by atoms with van der Waals surface area (Å²) in [5, 5.41) is 20.5. The van der Waals surface area contributed by atoms with Gasteiger partial charge in [0.1, 0.15) is 23.8 Å². The number of nitrogens with one attached hydrogen (secondary N) is 2. The van der Waals surface area contributed by atoms with Crippen molar-refractivity contribution >= 4 is 29.4 Å². The van der Waals surface area contributed by atoms with Crippen molar-refractivity contribution in [2.45, 2.75) is 31.2 Å². The first-order valence-corrected chi connectivity index (χ1v) is 15.7. The van der Waals surface area contributed by atoms with Gasteiger partial charge in [-0.05, 0) is 49.4 Å². The monoisotopic (exact) mass is 724 g/mol. The Hall–Kier alpha value is -4.76. The minimum atomic E-state index is -2.80. The maximum Gasteiger partial charge on any atom is 0.293 e. The van der Waals surface area contributed by atoms with Crippen molar-refractivity contribution in [3.63, 3.8) is 0 Å². The number of likely N-dealkylation sites (tertiary alicyclic amines) is 1. The van der Waals surface area contributed by atoms with Crippen LogP contribution in [0.2, 0.25) is 0 Å². The average molecular weight is 725 g/mol. The lowest BCUT2D eigenvalue weighted by atomic mass is 9.99. The molecule has 3 heterocycles. The molecule has 1 unspecified atom stereocenters. The minimum absolute atomic E-state index is 0.0350. The molecule has 17 heteroatoms. The molecule has 2 saturated heterocycles. The number of nitrogens with zero attached hydrogens (tertiary/aromatic N) is 4. The van der Waals surface area contributed by atoms with Crippen molar-refractivity contribution in [1.29, 1.82) is 5.26 Å². The molecule has 0 aliphatic carbocycles. The number of carbonyl (C=O) groups is 3. The Bertz CT molecular complexity index is 1590. The molecule has 2 fully saturated rings. The zero-order valence-corrected chi connectivity index (χ0v) is 28.2. The zero-order valence-electron chi connectivity index (χ0n) is 28.2. The molecule has 5 rings (SSSR count). The number of halogens is 5. The van der Waals surface area contributed by atoms with Crippen LogP contribution in [0.1, 0.15) is 23.2 Å². The predicted octanol–water partition coefficient (Wildman–Crippen LogP) is 3.68. The minimum Gasteiger partial charge on any atom is -0.497 e. The summed E-state index contributed by atoms with van der Waals surface area (Å²) in [7, 11) is 3.17. The van der Waals surface area contributed by atoms with Crippen LogP contribution in [0.4, 0.5) is 22.1 Å². The van der Waals surface area contributed by atoms with E-state index < -0.39 is 24.7 Å². The summed E-state index contributed by atoms with van der Waals surface area (Å²) < 4.78 is 65.8. The molecule has 0 bridgehead atoms. The number of pyridine rings is 1. The van der Waals surface area contributed by atoms with Gasteiger partial charge in [-0.25, -0.2) is 22.9 Å². The molecule has 51 heavy (non-hydrogen) atoms. The van der Waals surface area contributed by atoms with Crippen molar-refractivity contribution in [3.05, 3.63) is 54.2 Å². The molecule has 2 aliphatic rings. The molecule has 2 aliphatic heterocycles. The third-order valence-electron chi connectivity index (χ3n) is 7.67. The fraction of sp³-hybridized carbons (Fsp3) is 0.441. The lowest BCUT2D eigenvalue weighted by Crippen LogP contribution is -2.43. The van der Waals surface area contributed by atoms with E-state index in [0.717, 1.165) is 61.8 Å². The summed E-state index contributed by atoms with van der Waals surface area (Å²) in [5.41, 5.74) is 2.99. The number of hydrogen-bond acceptors (Lipinski definition) is 11. The number of amides is 1. The number of piperazine rings is 1. The van der Waals surface area contributed by atoms with Gasteiger partial charge in [0.05, 0.1) is 44.0 Å². The van der Waals surface area contributed by atoms with E-state index in [9.17, 15) is 27.2 Å². The Morgan fingerprint density at radius 1 is 1.18 bits per heavy atom. The SMILES string of the molecule is CN1CC(F)(F)CC1C#N.COc1ccc(-c2ccc3nccc(C(=O)NCC=O)c3c2)c(OCCCN2CCNCC2)c1.O=CC(F)F.OF. The molecular formula is C34H41F5N6O6. The van der Waals surface area contributed by atoms with Crippen molar-refractivity contribution in [1.82, 2.24) is 25.4 Å². The summed E-state index contributed by atoms with van der Waals surface area (Å²) in [5.74, 6) is -1.52. The number of carbonyl (C=O) groups excluding carboxylic acids is 3. The van der Waals surface area contributed by atoms with E-state index in [2.05, 4.69) is 20.5 Å². The molecular weight excluding hydrogens is 683 g/mol. The van der Waals surface area contributed by atoms with Gasteiger partial charge in [0.15, 0.2) is 6.29 Å². The highest BCUT2D eigenvalue weighted by molar-refractivity contribution is 6.07. The van der Waals surface area contributed by atoms with E-state index in [4.69, 9.17) is 29.4 Å². The first-order chi connectivity index (χ1) is 24.5. The van der Waals surface area contributed by atoms with E-state index >= 15 is 0 Å². The molecule has 3 aromatic rings. The maximum atomic E-state index is 12.6. The quantitative estimate of drug-likeness (QED) is 0.151.